The largest absolute Gasteiger partial charge is 0.393 e. The van der Waals surface area contributed by atoms with Crippen LogP contribution in [0, 0.1) is 5.92 Å². The van der Waals surface area contributed by atoms with E-state index < -0.39 is 0 Å². The van der Waals surface area contributed by atoms with E-state index in [0.29, 0.717) is 5.92 Å². The monoisotopic (exact) mass is 283 g/mol. The Morgan fingerprint density at radius 2 is 2.06 bits per heavy atom. The molecule has 0 radical (unpaired) electrons. The van der Waals surface area contributed by atoms with Gasteiger partial charge in [0.05, 0.1) is 6.10 Å². The molecule has 1 aliphatic rings. The normalized spacial score (nSPS) is 26.9. The summed E-state index contributed by atoms with van der Waals surface area (Å²) in [4.78, 5) is 2.30. The third-order valence-electron chi connectivity index (χ3n) is 3.31. The summed E-state index contributed by atoms with van der Waals surface area (Å²) < 4.78 is 1.11. The summed E-state index contributed by atoms with van der Waals surface area (Å²) >= 11 is 3.43. The molecule has 0 amide bonds. The van der Waals surface area contributed by atoms with Gasteiger partial charge < -0.3 is 10.0 Å². The van der Waals surface area contributed by atoms with E-state index in [0.717, 1.165) is 30.4 Å². The summed E-state index contributed by atoms with van der Waals surface area (Å²) in [5, 5.41) is 9.97. The van der Waals surface area contributed by atoms with Gasteiger partial charge in [-0.25, -0.2) is 0 Å². The fourth-order valence-electron chi connectivity index (χ4n) is 2.33. The second kappa shape index (κ2) is 5.30. The maximum atomic E-state index is 9.97. The Balaban J connectivity index is 2.00. The lowest BCUT2D eigenvalue weighted by Crippen LogP contribution is -2.41. The predicted octanol–water partition coefficient (Wildman–Crippen LogP) is 2.30. The lowest BCUT2D eigenvalue weighted by molar-refractivity contribution is 0.0366. The number of aliphatic hydroxyl groups excluding tert-OH is 1. The second-order valence-corrected chi connectivity index (χ2v) is 5.62. The van der Waals surface area contributed by atoms with Crippen LogP contribution in [0.4, 0.5) is 0 Å². The Morgan fingerprint density at radius 3 is 2.75 bits per heavy atom. The van der Waals surface area contributed by atoms with Crippen LogP contribution in [0.15, 0.2) is 28.7 Å². The van der Waals surface area contributed by atoms with Gasteiger partial charge in [0.15, 0.2) is 0 Å². The molecule has 1 aromatic carbocycles. The van der Waals surface area contributed by atoms with Gasteiger partial charge in [-0.15, -0.1) is 0 Å². The zero-order valence-electron chi connectivity index (χ0n) is 9.56. The van der Waals surface area contributed by atoms with E-state index in [1.807, 2.05) is 0 Å². The molecule has 0 saturated carbocycles. The van der Waals surface area contributed by atoms with Crippen molar-refractivity contribution in [2.24, 2.45) is 5.92 Å². The molecule has 1 heterocycles. The van der Waals surface area contributed by atoms with Crippen LogP contribution < -0.4 is 0 Å². The van der Waals surface area contributed by atoms with Crippen molar-refractivity contribution >= 4 is 15.9 Å². The highest BCUT2D eigenvalue weighted by molar-refractivity contribution is 9.10. The van der Waals surface area contributed by atoms with Gasteiger partial charge in [-0.2, -0.15) is 0 Å². The summed E-state index contributed by atoms with van der Waals surface area (Å²) in [6.07, 6.45) is 1.73. The minimum atomic E-state index is -0.139. The maximum absolute atomic E-state index is 9.97. The lowest BCUT2D eigenvalue weighted by Gasteiger charge is -2.34. The maximum Gasteiger partial charge on any atom is 0.0596 e. The number of rotatable bonds is 2. The Hall–Kier alpha value is -0.380. The molecular formula is C13H18BrNO. The van der Waals surface area contributed by atoms with E-state index in [1.165, 1.54) is 5.56 Å². The average Bonchev–Trinajstić information content (AvgIpc) is 2.27. The van der Waals surface area contributed by atoms with Crippen LogP contribution in [0.25, 0.3) is 0 Å². The number of hydrogen-bond acceptors (Lipinski definition) is 2. The van der Waals surface area contributed by atoms with Gasteiger partial charge >= 0.3 is 0 Å². The van der Waals surface area contributed by atoms with Gasteiger partial charge in [0.2, 0.25) is 0 Å². The fourth-order valence-corrected chi connectivity index (χ4v) is 2.59. The SMILES string of the molecule is CN1CCC(O)C(Cc2ccc(Br)cc2)C1. The number of benzene rings is 1. The standard InChI is InChI=1S/C13H18BrNO/c1-15-7-6-13(16)11(9-15)8-10-2-4-12(14)5-3-10/h2-5,11,13,16H,6-9H2,1H3. The Labute approximate surface area is 105 Å². The number of piperidine rings is 1. The van der Waals surface area contributed by atoms with Gasteiger partial charge in [-0.05, 0) is 37.6 Å². The summed E-state index contributed by atoms with van der Waals surface area (Å²) in [6.45, 7) is 2.01. The third-order valence-corrected chi connectivity index (χ3v) is 3.84. The highest BCUT2D eigenvalue weighted by Crippen LogP contribution is 2.21. The highest BCUT2D eigenvalue weighted by atomic mass is 79.9. The lowest BCUT2D eigenvalue weighted by atomic mass is 9.89. The molecule has 1 saturated heterocycles. The summed E-state index contributed by atoms with van der Waals surface area (Å²) in [6, 6.07) is 8.39. The minimum Gasteiger partial charge on any atom is -0.393 e. The molecule has 88 valence electrons. The second-order valence-electron chi connectivity index (χ2n) is 4.71. The molecule has 2 nitrogen and oxygen atoms in total. The van der Waals surface area contributed by atoms with Crippen molar-refractivity contribution in [3.8, 4) is 0 Å². The van der Waals surface area contributed by atoms with Crippen molar-refractivity contribution in [3.63, 3.8) is 0 Å². The topological polar surface area (TPSA) is 23.5 Å². The molecule has 2 unspecified atom stereocenters. The van der Waals surface area contributed by atoms with E-state index in [9.17, 15) is 5.11 Å². The molecule has 16 heavy (non-hydrogen) atoms. The van der Waals surface area contributed by atoms with Crippen LogP contribution in [-0.2, 0) is 6.42 Å². The first-order chi connectivity index (χ1) is 7.65. The van der Waals surface area contributed by atoms with Crippen molar-refractivity contribution < 1.29 is 5.11 Å². The fraction of sp³-hybridized carbons (Fsp3) is 0.538. The molecular weight excluding hydrogens is 266 g/mol. The zero-order valence-corrected chi connectivity index (χ0v) is 11.2. The van der Waals surface area contributed by atoms with Crippen LogP contribution in [0.5, 0.6) is 0 Å². The van der Waals surface area contributed by atoms with Crippen LogP contribution in [0.3, 0.4) is 0 Å². The molecule has 1 fully saturated rings. The molecule has 2 rings (SSSR count). The Bertz CT molecular complexity index is 338. The average molecular weight is 284 g/mol. The Kier molecular flexibility index (Phi) is 4.00. The molecule has 1 N–H and O–H groups in total. The van der Waals surface area contributed by atoms with Crippen LogP contribution >= 0.6 is 15.9 Å². The van der Waals surface area contributed by atoms with Gasteiger partial charge in [-0.3, -0.25) is 0 Å². The van der Waals surface area contributed by atoms with Crippen molar-refractivity contribution in [2.75, 3.05) is 20.1 Å². The number of hydrogen-bond donors (Lipinski definition) is 1. The number of nitrogens with zero attached hydrogens (tertiary/aromatic N) is 1. The van der Waals surface area contributed by atoms with Crippen molar-refractivity contribution in [1.29, 1.82) is 0 Å². The first kappa shape index (κ1) is 12.1. The Morgan fingerprint density at radius 1 is 1.38 bits per heavy atom. The van der Waals surface area contributed by atoms with E-state index in [4.69, 9.17) is 0 Å². The molecule has 0 bridgehead atoms. The summed E-state index contributed by atoms with van der Waals surface area (Å²) in [5.74, 6) is 0.375. The molecule has 1 aliphatic heterocycles. The van der Waals surface area contributed by atoms with E-state index in [-0.39, 0.29) is 6.10 Å². The van der Waals surface area contributed by atoms with Gasteiger partial charge in [-0.1, -0.05) is 28.1 Å². The van der Waals surface area contributed by atoms with Gasteiger partial charge in [0.1, 0.15) is 0 Å². The quantitative estimate of drug-likeness (QED) is 0.901. The summed E-state index contributed by atoms with van der Waals surface area (Å²) in [7, 11) is 2.13. The number of aliphatic hydroxyl groups is 1. The number of likely N-dealkylation sites (tertiary alicyclic amines) is 1. The first-order valence-corrected chi connectivity index (χ1v) is 6.55. The zero-order chi connectivity index (χ0) is 11.5. The first-order valence-electron chi connectivity index (χ1n) is 5.76. The van der Waals surface area contributed by atoms with Gasteiger partial charge in [0, 0.05) is 23.5 Å². The van der Waals surface area contributed by atoms with Crippen LogP contribution in [0.1, 0.15) is 12.0 Å². The van der Waals surface area contributed by atoms with Crippen molar-refractivity contribution in [2.45, 2.75) is 18.9 Å². The third kappa shape index (κ3) is 3.06. The molecule has 3 heteroatoms. The molecule has 1 aromatic rings. The summed E-state index contributed by atoms with van der Waals surface area (Å²) in [5.41, 5.74) is 1.31. The number of halogens is 1. The van der Waals surface area contributed by atoms with Crippen LogP contribution in [-0.4, -0.2) is 36.2 Å². The van der Waals surface area contributed by atoms with E-state index >= 15 is 0 Å². The predicted molar refractivity (Wildman–Crippen MR) is 69.5 cm³/mol. The molecule has 0 aromatic heterocycles. The molecule has 0 spiro atoms. The smallest absolute Gasteiger partial charge is 0.0596 e. The molecule has 0 aliphatic carbocycles. The molecule has 2 atom stereocenters. The van der Waals surface area contributed by atoms with Crippen molar-refractivity contribution in [3.05, 3.63) is 34.3 Å². The van der Waals surface area contributed by atoms with E-state index in [1.54, 1.807) is 0 Å². The highest BCUT2D eigenvalue weighted by Gasteiger charge is 2.25. The van der Waals surface area contributed by atoms with E-state index in [2.05, 4.69) is 52.1 Å². The van der Waals surface area contributed by atoms with Crippen LogP contribution in [0.2, 0.25) is 0 Å². The van der Waals surface area contributed by atoms with Crippen molar-refractivity contribution in [1.82, 2.24) is 4.90 Å². The minimum absolute atomic E-state index is 0.139. The van der Waals surface area contributed by atoms with Gasteiger partial charge in [0.25, 0.3) is 0 Å².